The number of rotatable bonds is 6. The maximum Gasteiger partial charge on any atom is 0.260 e. The molecule has 2 aromatic heterocycles. The molecule has 0 saturated carbocycles. The van der Waals surface area contributed by atoms with E-state index in [2.05, 4.69) is 46.2 Å². The number of hydrogen-bond acceptors (Lipinski definition) is 7. The van der Waals surface area contributed by atoms with Crippen LogP contribution in [-0.4, -0.2) is 76.6 Å². The van der Waals surface area contributed by atoms with Crippen LogP contribution >= 0.6 is 11.6 Å². The zero-order valence-corrected chi connectivity index (χ0v) is 27.0. The van der Waals surface area contributed by atoms with Gasteiger partial charge in [-0.05, 0) is 81.3 Å². The highest BCUT2D eigenvalue weighted by atomic mass is 35.5. The van der Waals surface area contributed by atoms with Crippen molar-refractivity contribution in [2.24, 2.45) is 0 Å². The number of carbonyl (C=O) groups is 1. The summed E-state index contributed by atoms with van der Waals surface area (Å²) in [6, 6.07) is 10.0. The number of anilines is 3. The van der Waals surface area contributed by atoms with Crippen molar-refractivity contribution in [1.29, 1.82) is 0 Å². The van der Waals surface area contributed by atoms with E-state index in [1.54, 1.807) is 10.8 Å². The molecule has 0 radical (unpaired) electrons. The van der Waals surface area contributed by atoms with Crippen LogP contribution in [0, 0.1) is 19.7 Å². The molecule has 1 N–H and O–H groups in total. The monoisotopic (exact) mass is 631 g/mol. The van der Waals surface area contributed by atoms with Crippen molar-refractivity contribution < 1.29 is 9.18 Å². The third-order valence-corrected chi connectivity index (χ3v) is 9.44. The van der Waals surface area contributed by atoms with Crippen LogP contribution < -0.4 is 15.8 Å². The number of likely N-dealkylation sites (tertiary alicyclic amines) is 1. The molecule has 0 bridgehead atoms. The maximum absolute atomic E-state index is 14.4. The minimum atomic E-state index is -0.477. The summed E-state index contributed by atoms with van der Waals surface area (Å²) in [5.74, 6) is -0.0561. The van der Waals surface area contributed by atoms with Crippen LogP contribution in [0.5, 0.6) is 0 Å². The summed E-state index contributed by atoms with van der Waals surface area (Å²) in [7, 11) is 2.15. The molecule has 6 rings (SSSR count). The minimum Gasteiger partial charge on any atom is -0.369 e. The van der Waals surface area contributed by atoms with Crippen molar-refractivity contribution in [3.05, 3.63) is 74.9 Å². The number of amides is 1. The number of likely N-dealkylation sites (N-methyl/N-ethyl adjacent to an activating group) is 1. The normalized spacial score (nSPS) is 17.6. The lowest BCUT2D eigenvalue weighted by atomic mass is 9.98. The minimum absolute atomic E-state index is 0.0540. The second kappa shape index (κ2) is 12.8. The lowest BCUT2D eigenvalue weighted by molar-refractivity contribution is -0.132. The second-order valence-corrected chi connectivity index (χ2v) is 12.5. The average Bonchev–Trinajstić information content (AvgIpc) is 3.02. The lowest BCUT2D eigenvalue weighted by Crippen LogP contribution is -2.44. The number of fused-ring (bicyclic) bond motifs is 1. The molecule has 2 fully saturated rings. The molecule has 1 unspecified atom stereocenters. The van der Waals surface area contributed by atoms with Gasteiger partial charge < -0.3 is 20.0 Å². The molecule has 4 heterocycles. The Morgan fingerprint density at radius 2 is 1.87 bits per heavy atom. The molecule has 2 saturated heterocycles. The Bertz CT molecular complexity index is 1820. The number of nitrogens with zero attached hydrogens (tertiary/aromatic N) is 6. The molecular formula is C34H39ClFN7O2. The van der Waals surface area contributed by atoms with E-state index in [0.717, 1.165) is 43.9 Å². The zero-order valence-electron chi connectivity index (χ0n) is 26.2. The van der Waals surface area contributed by atoms with Crippen molar-refractivity contribution >= 4 is 45.9 Å². The molecule has 1 atom stereocenters. The molecule has 0 aliphatic carbocycles. The fourth-order valence-electron chi connectivity index (χ4n) is 6.62. The van der Waals surface area contributed by atoms with Crippen LogP contribution in [0.3, 0.4) is 0 Å². The Hall–Kier alpha value is -4.02. The number of pyridine rings is 1. The number of aromatic nitrogens is 3. The average molecular weight is 632 g/mol. The van der Waals surface area contributed by atoms with Gasteiger partial charge in [0.15, 0.2) is 0 Å². The van der Waals surface area contributed by atoms with Crippen molar-refractivity contribution in [1.82, 2.24) is 24.3 Å². The van der Waals surface area contributed by atoms with Gasteiger partial charge in [0.2, 0.25) is 11.9 Å². The van der Waals surface area contributed by atoms with Gasteiger partial charge in [0.1, 0.15) is 11.5 Å². The summed E-state index contributed by atoms with van der Waals surface area (Å²) in [4.78, 5) is 43.2. The van der Waals surface area contributed by atoms with E-state index >= 15 is 0 Å². The van der Waals surface area contributed by atoms with Crippen molar-refractivity contribution in [3.8, 4) is 11.1 Å². The van der Waals surface area contributed by atoms with E-state index < -0.39 is 5.82 Å². The van der Waals surface area contributed by atoms with Gasteiger partial charge in [-0.1, -0.05) is 18.5 Å². The number of benzene rings is 2. The van der Waals surface area contributed by atoms with Gasteiger partial charge in [0, 0.05) is 74.2 Å². The van der Waals surface area contributed by atoms with Gasteiger partial charge in [0.25, 0.3) is 5.56 Å². The molecule has 2 aliphatic heterocycles. The number of halogens is 2. The Balaban J connectivity index is 1.43. The van der Waals surface area contributed by atoms with Crippen LogP contribution in [0.15, 0.2) is 47.4 Å². The highest BCUT2D eigenvalue weighted by molar-refractivity contribution is 6.33. The van der Waals surface area contributed by atoms with E-state index in [9.17, 15) is 14.0 Å². The van der Waals surface area contributed by atoms with Gasteiger partial charge in [-0.3, -0.25) is 14.2 Å². The standard InChI is InChI=1S/C34H39ClFN7O2/c1-5-30(44)42-12-6-7-25(20-42)43-32-27(22(3)31(33(43)45)26-10-8-23(36)18-28(26)35)19-37-34(39-32)38-24-9-11-29(21(2)17-24)41-15-13-40(4)14-16-41/h8-11,17-19,25H,5-7,12-16,20H2,1-4H3,(H,37,38,39). The van der Waals surface area contributed by atoms with Crippen LogP contribution in [0.4, 0.5) is 21.7 Å². The highest BCUT2D eigenvalue weighted by Gasteiger charge is 2.29. The van der Waals surface area contributed by atoms with Crippen molar-refractivity contribution in [2.75, 3.05) is 56.5 Å². The van der Waals surface area contributed by atoms with Gasteiger partial charge in [0.05, 0.1) is 16.6 Å². The predicted molar refractivity (Wildman–Crippen MR) is 178 cm³/mol. The number of hydrogen-bond donors (Lipinski definition) is 1. The van der Waals surface area contributed by atoms with Gasteiger partial charge in [-0.15, -0.1) is 0 Å². The number of aryl methyl sites for hydroxylation is 2. The lowest BCUT2D eigenvalue weighted by Gasteiger charge is -2.35. The van der Waals surface area contributed by atoms with E-state index in [1.807, 2.05) is 24.8 Å². The smallest absolute Gasteiger partial charge is 0.260 e. The largest absolute Gasteiger partial charge is 0.369 e. The zero-order chi connectivity index (χ0) is 31.8. The quantitative estimate of drug-likeness (QED) is 0.282. The van der Waals surface area contributed by atoms with Crippen LogP contribution in [-0.2, 0) is 4.79 Å². The number of piperidine rings is 1. The third-order valence-electron chi connectivity index (χ3n) is 9.12. The fourth-order valence-corrected chi connectivity index (χ4v) is 6.88. The number of nitrogens with one attached hydrogen (secondary N) is 1. The molecule has 2 aromatic carbocycles. The first-order valence-corrected chi connectivity index (χ1v) is 16.0. The van der Waals surface area contributed by atoms with Gasteiger partial charge >= 0.3 is 0 Å². The van der Waals surface area contributed by atoms with Crippen molar-refractivity contribution in [2.45, 2.75) is 46.1 Å². The van der Waals surface area contributed by atoms with Crippen LogP contribution in [0.2, 0.25) is 5.02 Å². The highest BCUT2D eigenvalue weighted by Crippen LogP contribution is 2.34. The predicted octanol–water partition coefficient (Wildman–Crippen LogP) is 5.94. The van der Waals surface area contributed by atoms with E-state index in [1.165, 1.54) is 23.9 Å². The Kier molecular flexibility index (Phi) is 8.79. The third kappa shape index (κ3) is 6.13. The first-order chi connectivity index (χ1) is 21.6. The van der Waals surface area contributed by atoms with E-state index in [0.29, 0.717) is 59.6 Å². The Morgan fingerprint density at radius 3 is 2.58 bits per heavy atom. The second-order valence-electron chi connectivity index (χ2n) is 12.1. The maximum atomic E-state index is 14.4. The first-order valence-electron chi connectivity index (χ1n) is 15.6. The SMILES string of the molecule is CCC(=O)N1CCCC(n2c(=O)c(-c3ccc(F)cc3Cl)c(C)c3cnc(Nc4ccc(N5CCN(C)CC5)c(C)c4)nc32)C1. The Labute approximate surface area is 267 Å². The summed E-state index contributed by atoms with van der Waals surface area (Å²) in [6.45, 7) is 10.9. The van der Waals surface area contributed by atoms with Crippen LogP contribution in [0.1, 0.15) is 43.4 Å². The molecule has 4 aromatic rings. The molecule has 0 spiro atoms. The summed E-state index contributed by atoms with van der Waals surface area (Å²) >= 11 is 6.49. The van der Waals surface area contributed by atoms with E-state index in [-0.39, 0.29) is 22.5 Å². The first kappa shape index (κ1) is 31.0. The topological polar surface area (TPSA) is 86.6 Å². The summed E-state index contributed by atoms with van der Waals surface area (Å²) in [5.41, 5.74) is 4.92. The summed E-state index contributed by atoms with van der Waals surface area (Å²) in [6.07, 6.45) is 3.60. The number of carbonyl (C=O) groups excluding carboxylic acids is 1. The molecule has 2 aliphatic rings. The fraction of sp³-hybridized carbons (Fsp3) is 0.412. The molecule has 45 heavy (non-hydrogen) atoms. The summed E-state index contributed by atoms with van der Waals surface area (Å²) in [5, 5.41) is 4.19. The van der Waals surface area contributed by atoms with E-state index in [4.69, 9.17) is 16.6 Å². The van der Waals surface area contributed by atoms with Crippen LogP contribution in [0.25, 0.3) is 22.2 Å². The van der Waals surface area contributed by atoms with Gasteiger partial charge in [-0.2, -0.15) is 4.98 Å². The van der Waals surface area contributed by atoms with Gasteiger partial charge in [-0.25, -0.2) is 9.37 Å². The molecule has 9 nitrogen and oxygen atoms in total. The number of piperazine rings is 1. The molecule has 236 valence electrons. The molecule has 11 heteroatoms. The van der Waals surface area contributed by atoms with Crippen molar-refractivity contribution in [3.63, 3.8) is 0 Å². The molecular weight excluding hydrogens is 593 g/mol. The Morgan fingerprint density at radius 1 is 1.09 bits per heavy atom. The molecule has 1 amide bonds. The summed E-state index contributed by atoms with van der Waals surface area (Å²) < 4.78 is 15.7.